The zero-order valence-corrected chi connectivity index (χ0v) is 12.4. The highest BCUT2D eigenvalue weighted by Gasteiger charge is 2.03. The standard InChI is InChI=1S/C15H23ClN2O/c1-2-3-4-5-6-7-8-9-15(19)18-14-12-13(16)10-11-17-14/h10-12H,2-9H2,1H3,(H,17,18,19). The van der Waals surface area contributed by atoms with Crippen LogP contribution in [0, 0.1) is 0 Å². The summed E-state index contributed by atoms with van der Waals surface area (Å²) in [5, 5.41) is 3.34. The van der Waals surface area contributed by atoms with Gasteiger partial charge in [0.1, 0.15) is 5.82 Å². The van der Waals surface area contributed by atoms with E-state index in [1.165, 1.54) is 32.1 Å². The van der Waals surface area contributed by atoms with E-state index in [0.717, 1.165) is 12.8 Å². The fourth-order valence-electron chi connectivity index (χ4n) is 1.92. The summed E-state index contributed by atoms with van der Waals surface area (Å²) in [4.78, 5) is 15.7. The van der Waals surface area contributed by atoms with Crippen LogP contribution in [0.5, 0.6) is 0 Å². The Bertz CT molecular complexity index is 382. The van der Waals surface area contributed by atoms with Gasteiger partial charge in [-0.05, 0) is 18.6 Å². The molecule has 0 unspecified atom stereocenters. The van der Waals surface area contributed by atoms with E-state index in [-0.39, 0.29) is 5.91 Å². The number of hydrogen-bond acceptors (Lipinski definition) is 2. The average Bonchev–Trinajstić information content (AvgIpc) is 2.37. The molecule has 0 saturated heterocycles. The summed E-state index contributed by atoms with van der Waals surface area (Å²) < 4.78 is 0. The zero-order valence-electron chi connectivity index (χ0n) is 11.6. The van der Waals surface area contributed by atoms with Crippen LogP contribution < -0.4 is 5.32 Å². The van der Waals surface area contributed by atoms with Gasteiger partial charge < -0.3 is 5.32 Å². The summed E-state index contributed by atoms with van der Waals surface area (Å²) in [6, 6.07) is 3.34. The summed E-state index contributed by atoms with van der Waals surface area (Å²) in [5.41, 5.74) is 0. The SMILES string of the molecule is CCCCCCCCCC(=O)Nc1cc(Cl)ccn1. The van der Waals surface area contributed by atoms with Gasteiger partial charge in [0.05, 0.1) is 0 Å². The summed E-state index contributed by atoms with van der Waals surface area (Å²) >= 11 is 5.82. The Morgan fingerprint density at radius 1 is 1.21 bits per heavy atom. The quantitative estimate of drug-likeness (QED) is 0.660. The van der Waals surface area contributed by atoms with Gasteiger partial charge in [0, 0.05) is 17.6 Å². The van der Waals surface area contributed by atoms with Gasteiger partial charge in [-0.1, -0.05) is 57.0 Å². The molecule has 1 heterocycles. The van der Waals surface area contributed by atoms with Crippen LogP contribution in [0.1, 0.15) is 58.3 Å². The molecule has 0 saturated carbocycles. The number of rotatable bonds is 9. The van der Waals surface area contributed by atoms with Crippen molar-refractivity contribution in [1.82, 2.24) is 4.98 Å². The third kappa shape index (κ3) is 7.83. The normalized spacial score (nSPS) is 10.4. The largest absolute Gasteiger partial charge is 0.311 e. The van der Waals surface area contributed by atoms with Gasteiger partial charge in [-0.3, -0.25) is 4.79 Å². The van der Waals surface area contributed by atoms with Gasteiger partial charge >= 0.3 is 0 Å². The molecule has 0 aliphatic rings. The molecule has 0 radical (unpaired) electrons. The second-order valence-corrected chi connectivity index (χ2v) is 5.22. The van der Waals surface area contributed by atoms with Gasteiger partial charge in [-0.2, -0.15) is 0 Å². The smallest absolute Gasteiger partial charge is 0.225 e. The molecule has 3 nitrogen and oxygen atoms in total. The number of pyridine rings is 1. The topological polar surface area (TPSA) is 42.0 Å². The van der Waals surface area contributed by atoms with Crippen molar-refractivity contribution in [2.45, 2.75) is 58.3 Å². The number of anilines is 1. The molecule has 4 heteroatoms. The molecule has 0 fully saturated rings. The minimum absolute atomic E-state index is 0.0170. The van der Waals surface area contributed by atoms with Crippen LogP contribution in [0.3, 0.4) is 0 Å². The molecule has 1 amide bonds. The van der Waals surface area contributed by atoms with Crippen LogP contribution in [-0.4, -0.2) is 10.9 Å². The molecule has 1 N–H and O–H groups in total. The van der Waals surface area contributed by atoms with Crippen molar-refractivity contribution in [2.75, 3.05) is 5.32 Å². The molecule has 0 aliphatic carbocycles. The van der Waals surface area contributed by atoms with Crippen molar-refractivity contribution < 1.29 is 4.79 Å². The van der Waals surface area contributed by atoms with Crippen molar-refractivity contribution in [3.8, 4) is 0 Å². The van der Waals surface area contributed by atoms with E-state index in [1.54, 1.807) is 18.3 Å². The van der Waals surface area contributed by atoms with Crippen LogP contribution in [0.15, 0.2) is 18.3 Å². The Hall–Kier alpha value is -1.09. The van der Waals surface area contributed by atoms with Gasteiger partial charge in [0.2, 0.25) is 5.91 Å². The lowest BCUT2D eigenvalue weighted by Gasteiger charge is -2.04. The molecule has 106 valence electrons. The Balaban J connectivity index is 2.08. The molecule has 0 atom stereocenters. The highest BCUT2D eigenvalue weighted by molar-refractivity contribution is 6.30. The van der Waals surface area contributed by atoms with Crippen molar-refractivity contribution in [2.24, 2.45) is 0 Å². The predicted molar refractivity (Wildman–Crippen MR) is 80.5 cm³/mol. The number of nitrogens with one attached hydrogen (secondary N) is 1. The van der Waals surface area contributed by atoms with Crippen molar-refractivity contribution in [3.63, 3.8) is 0 Å². The Kier molecular flexibility index (Phi) is 8.23. The van der Waals surface area contributed by atoms with E-state index in [1.807, 2.05) is 0 Å². The number of aromatic nitrogens is 1. The Morgan fingerprint density at radius 3 is 2.58 bits per heavy atom. The first-order valence-corrected chi connectivity index (χ1v) is 7.51. The lowest BCUT2D eigenvalue weighted by atomic mass is 10.1. The fourth-order valence-corrected chi connectivity index (χ4v) is 2.08. The number of unbranched alkanes of at least 4 members (excludes halogenated alkanes) is 6. The minimum Gasteiger partial charge on any atom is -0.311 e. The van der Waals surface area contributed by atoms with Gasteiger partial charge in [-0.15, -0.1) is 0 Å². The Morgan fingerprint density at radius 2 is 1.89 bits per heavy atom. The Labute approximate surface area is 120 Å². The monoisotopic (exact) mass is 282 g/mol. The molecular weight excluding hydrogens is 260 g/mol. The second-order valence-electron chi connectivity index (χ2n) is 4.78. The van der Waals surface area contributed by atoms with Crippen molar-refractivity contribution in [3.05, 3.63) is 23.4 Å². The first-order valence-electron chi connectivity index (χ1n) is 7.13. The molecule has 19 heavy (non-hydrogen) atoms. The molecule has 1 aromatic heterocycles. The lowest BCUT2D eigenvalue weighted by molar-refractivity contribution is -0.116. The van der Waals surface area contributed by atoms with E-state index >= 15 is 0 Å². The first kappa shape index (κ1) is 16.0. The predicted octanol–water partition coefficient (Wildman–Crippen LogP) is 4.81. The summed E-state index contributed by atoms with van der Waals surface area (Å²) in [6.45, 7) is 2.22. The van der Waals surface area contributed by atoms with E-state index in [9.17, 15) is 4.79 Å². The van der Waals surface area contributed by atoms with Gasteiger partial charge in [0.15, 0.2) is 0 Å². The van der Waals surface area contributed by atoms with Crippen molar-refractivity contribution in [1.29, 1.82) is 0 Å². The van der Waals surface area contributed by atoms with Gasteiger partial charge in [-0.25, -0.2) is 4.98 Å². The van der Waals surface area contributed by atoms with Crippen LogP contribution in [0.2, 0.25) is 5.02 Å². The molecule has 0 spiro atoms. The number of carbonyl (C=O) groups excluding carboxylic acids is 1. The number of carbonyl (C=O) groups is 1. The minimum atomic E-state index is 0.0170. The fraction of sp³-hybridized carbons (Fsp3) is 0.600. The molecular formula is C15H23ClN2O. The van der Waals surface area contributed by atoms with Crippen LogP contribution in [-0.2, 0) is 4.79 Å². The highest BCUT2D eigenvalue weighted by atomic mass is 35.5. The number of hydrogen-bond donors (Lipinski definition) is 1. The van der Waals surface area contributed by atoms with Crippen LogP contribution >= 0.6 is 11.6 Å². The van der Waals surface area contributed by atoms with E-state index in [0.29, 0.717) is 17.3 Å². The van der Waals surface area contributed by atoms with Crippen molar-refractivity contribution >= 4 is 23.3 Å². The van der Waals surface area contributed by atoms with Crippen LogP contribution in [0.25, 0.3) is 0 Å². The molecule has 0 aromatic carbocycles. The molecule has 1 aromatic rings. The molecule has 1 rings (SSSR count). The number of nitrogens with zero attached hydrogens (tertiary/aromatic N) is 1. The van der Waals surface area contributed by atoms with Crippen LogP contribution in [0.4, 0.5) is 5.82 Å². The number of amides is 1. The lowest BCUT2D eigenvalue weighted by Crippen LogP contribution is -2.12. The third-order valence-electron chi connectivity index (χ3n) is 3.00. The zero-order chi connectivity index (χ0) is 13.9. The first-order chi connectivity index (χ1) is 9.22. The van der Waals surface area contributed by atoms with E-state index in [4.69, 9.17) is 11.6 Å². The maximum absolute atomic E-state index is 11.7. The summed E-state index contributed by atoms with van der Waals surface area (Å²) in [5.74, 6) is 0.545. The molecule has 0 bridgehead atoms. The van der Waals surface area contributed by atoms with E-state index < -0.39 is 0 Å². The van der Waals surface area contributed by atoms with Gasteiger partial charge in [0.25, 0.3) is 0 Å². The van der Waals surface area contributed by atoms with E-state index in [2.05, 4.69) is 17.2 Å². The summed E-state index contributed by atoms with van der Waals surface area (Å²) in [6.07, 6.45) is 10.6. The maximum atomic E-state index is 11.7. The third-order valence-corrected chi connectivity index (χ3v) is 3.23. The highest BCUT2D eigenvalue weighted by Crippen LogP contribution is 2.13. The average molecular weight is 283 g/mol. The second kappa shape index (κ2) is 9.79. The summed E-state index contributed by atoms with van der Waals surface area (Å²) in [7, 11) is 0. The molecule has 0 aliphatic heterocycles. The number of halogens is 1. The maximum Gasteiger partial charge on any atom is 0.225 e.